The predicted octanol–water partition coefficient (Wildman–Crippen LogP) is 3.99. The summed E-state index contributed by atoms with van der Waals surface area (Å²) in [4.78, 5) is 11.9. The summed E-state index contributed by atoms with van der Waals surface area (Å²) in [5.41, 5.74) is 3.32. The average Bonchev–Trinajstić information content (AvgIpc) is 2.35. The van der Waals surface area contributed by atoms with Crippen LogP contribution in [0.2, 0.25) is 0 Å². The number of aryl methyl sites for hydroxylation is 1. The molecule has 0 saturated heterocycles. The van der Waals surface area contributed by atoms with Crippen molar-refractivity contribution in [2.75, 3.05) is 0 Å². The number of hydrogen-bond acceptors (Lipinski definition) is 1. The fourth-order valence-electron chi connectivity index (χ4n) is 2.26. The second-order valence-corrected chi connectivity index (χ2v) is 4.97. The highest BCUT2D eigenvalue weighted by atomic mass is 35.5. The van der Waals surface area contributed by atoms with Gasteiger partial charge >= 0.3 is 0 Å². The Bertz CT molecular complexity index is 448. The van der Waals surface area contributed by atoms with E-state index in [9.17, 15) is 4.79 Å². The van der Waals surface area contributed by atoms with Crippen LogP contribution in [0.15, 0.2) is 29.8 Å². The Kier molecular flexibility index (Phi) is 4.01. The molecule has 0 aliphatic heterocycles. The van der Waals surface area contributed by atoms with Gasteiger partial charge in [-0.15, -0.1) is 11.6 Å². The molecule has 1 aromatic rings. The van der Waals surface area contributed by atoms with E-state index in [1.807, 2.05) is 18.2 Å². The van der Waals surface area contributed by atoms with Gasteiger partial charge in [0.25, 0.3) is 0 Å². The molecule has 0 bridgehead atoms. The molecule has 0 amide bonds. The average molecular weight is 249 g/mol. The van der Waals surface area contributed by atoms with E-state index in [2.05, 4.69) is 19.1 Å². The zero-order chi connectivity index (χ0) is 12.3. The van der Waals surface area contributed by atoms with Gasteiger partial charge in [-0.05, 0) is 48.5 Å². The highest BCUT2D eigenvalue weighted by molar-refractivity contribution is 6.34. The van der Waals surface area contributed by atoms with Gasteiger partial charge in [0, 0.05) is 0 Å². The van der Waals surface area contributed by atoms with E-state index in [-0.39, 0.29) is 11.2 Å². The number of alkyl halides is 1. The molecular weight excluding hydrogens is 232 g/mol. The summed E-state index contributed by atoms with van der Waals surface area (Å²) in [6, 6.07) is 8.22. The highest BCUT2D eigenvalue weighted by Gasteiger charge is 2.24. The first kappa shape index (κ1) is 12.4. The van der Waals surface area contributed by atoms with Crippen LogP contribution in [0, 0.1) is 0 Å². The van der Waals surface area contributed by atoms with Gasteiger partial charge in [0.05, 0.1) is 5.38 Å². The van der Waals surface area contributed by atoms with Crippen LogP contribution < -0.4 is 0 Å². The third kappa shape index (κ3) is 2.78. The summed E-state index contributed by atoms with van der Waals surface area (Å²) in [5.74, 6) is 0.115. The Morgan fingerprint density at radius 2 is 2.18 bits per heavy atom. The van der Waals surface area contributed by atoms with Crippen LogP contribution in [0.5, 0.6) is 0 Å². The number of carbonyl (C=O) groups excluding carboxylic acids is 1. The van der Waals surface area contributed by atoms with E-state index in [0.717, 1.165) is 36.8 Å². The molecule has 1 aromatic carbocycles. The van der Waals surface area contributed by atoms with E-state index < -0.39 is 0 Å². The van der Waals surface area contributed by atoms with Crippen molar-refractivity contribution in [2.45, 2.75) is 38.0 Å². The van der Waals surface area contributed by atoms with E-state index in [1.165, 1.54) is 5.56 Å². The first-order chi connectivity index (χ1) is 8.22. The molecule has 1 fully saturated rings. The van der Waals surface area contributed by atoms with Gasteiger partial charge in [0.2, 0.25) is 0 Å². The molecule has 0 aromatic heterocycles. The SMILES string of the molecule is CCc1ccccc1C=C1CCCC(Cl)C1=O. The van der Waals surface area contributed by atoms with Crippen molar-refractivity contribution in [3.8, 4) is 0 Å². The van der Waals surface area contributed by atoms with E-state index in [4.69, 9.17) is 11.6 Å². The summed E-state index contributed by atoms with van der Waals surface area (Å²) < 4.78 is 0. The quantitative estimate of drug-likeness (QED) is 0.571. The van der Waals surface area contributed by atoms with E-state index in [0.29, 0.717) is 0 Å². The standard InChI is InChI=1S/C15H17ClO/c1-2-11-6-3-4-7-12(11)10-13-8-5-9-14(16)15(13)17/h3-4,6-7,10,14H,2,5,8-9H2,1H3. The lowest BCUT2D eigenvalue weighted by molar-refractivity contribution is -0.116. The number of rotatable bonds is 2. The first-order valence-electron chi connectivity index (χ1n) is 6.19. The minimum absolute atomic E-state index is 0.115. The van der Waals surface area contributed by atoms with Crippen molar-refractivity contribution in [1.82, 2.24) is 0 Å². The Morgan fingerprint density at radius 1 is 1.41 bits per heavy atom. The van der Waals surface area contributed by atoms with Crippen molar-refractivity contribution in [3.63, 3.8) is 0 Å². The van der Waals surface area contributed by atoms with Gasteiger partial charge in [-0.25, -0.2) is 0 Å². The van der Waals surface area contributed by atoms with Crippen LogP contribution in [0.25, 0.3) is 6.08 Å². The normalized spacial score (nSPS) is 23.1. The first-order valence-corrected chi connectivity index (χ1v) is 6.62. The second kappa shape index (κ2) is 5.50. The summed E-state index contributed by atoms with van der Waals surface area (Å²) in [6.07, 6.45) is 5.70. The molecule has 1 aliphatic carbocycles. The predicted molar refractivity (Wildman–Crippen MR) is 72.3 cm³/mol. The van der Waals surface area contributed by atoms with Crippen molar-refractivity contribution in [3.05, 3.63) is 41.0 Å². The van der Waals surface area contributed by atoms with E-state index in [1.54, 1.807) is 0 Å². The number of allylic oxidation sites excluding steroid dienone is 1. The largest absolute Gasteiger partial charge is 0.293 e. The Labute approximate surface area is 107 Å². The van der Waals surface area contributed by atoms with Gasteiger partial charge < -0.3 is 0 Å². The van der Waals surface area contributed by atoms with Gasteiger partial charge in [-0.3, -0.25) is 4.79 Å². The third-order valence-corrected chi connectivity index (χ3v) is 3.69. The number of hydrogen-bond donors (Lipinski definition) is 0. The lowest BCUT2D eigenvalue weighted by Crippen LogP contribution is -2.21. The monoisotopic (exact) mass is 248 g/mol. The van der Waals surface area contributed by atoms with Crippen LogP contribution in [0.4, 0.5) is 0 Å². The Balaban J connectivity index is 2.31. The summed E-state index contributed by atoms with van der Waals surface area (Å²) in [6.45, 7) is 2.13. The molecule has 1 atom stereocenters. The second-order valence-electron chi connectivity index (χ2n) is 4.45. The lowest BCUT2D eigenvalue weighted by atomic mass is 9.90. The molecule has 1 aliphatic rings. The van der Waals surface area contributed by atoms with Crippen molar-refractivity contribution < 1.29 is 4.79 Å². The Morgan fingerprint density at radius 3 is 2.94 bits per heavy atom. The van der Waals surface area contributed by atoms with Gasteiger partial charge in [0.15, 0.2) is 5.78 Å². The highest BCUT2D eigenvalue weighted by Crippen LogP contribution is 2.26. The molecule has 0 N–H and O–H groups in total. The molecule has 0 heterocycles. The molecule has 1 nitrogen and oxygen atoms in total. The molecule has 2 heteroatoms. The zero-order valence-corrected chi connectivity index (χ0v) is 10.8. The van der Waals surface area contributed by atoms with E-state index >= 15 is 0 Å². The molecule has 1 unspecified atom stereocenters. The molecule has 2 rings (SSSR count). The number of carbonyl (C=O) groups is 1. The molecular formula is C15H17ClO. The fraction of sp³-hybridized carbons (Fsp3) is 0.400. The Hall–Kier alpha value is -1.08. The number of halogens is 1. The molecule has 90 valence electrons. The number of Topliss-reactive ketones (excluding diaryl/α,β-unsaturated/α-hetero) is 1. The summed E-state index contributed by atoms with van der Waals surface area (Å²) >= 11 is 6.01. The van der Waals surface area contributed by atoms with Crippen molar-refractivity contribution in [1.29, 1.82) is 0 Å². The minimum Gasteiger partial charge on any atom is -0.293 e. The maximum Gasteiger partial charge on any atom is 0.176 e. The smallest absolute Gasteiger partial charge is 0.176 e. The number of ketones is 1. The maximum absolute atomic E-state index is 11.9. The summed E-state index contributed by atoms with van der Waals surface area (Å²) in [7, 11) is 0. The van der Waals surface area contributed by atoms with Crippen LogP contribution in [-0.2, 0) is 11.2 Å². The van der Waals surface area contributed by atoms with Crippen molar-refractivity contribution >= 4 is 23.5 Å². The van der Waals surface area contributed by atoms with Crippen LogP contribution in [0.1, 0.15) is 37.3 Å². The molecule has 17 heavy (non-hydrogen) atoms. The number of benzene rings is 1. The lowest BCUT2D eigenvalue weighted by Gasteiger charge is -2.18. The molecule has 0 radical (unpaired) electrons. The molecule has 0 spiro atoms. The molecule has 1 saturated carbocycles. The van der Waals surface area contributed by atoms with Crippen LogP contribution >= 0.6 is 11.6 Å². The van der Waals surface area contributed by atoms with Gasteiger partial charge in [0.1, 0.15) is 0 Å². The zero-order valence-electron chi connectivity index (χ0n) is 10.1. The summed E-state index contributed by atoms with van der Waals surface area (Å²) in [5, 5.41) is -0.316. The maximum atomic E-state index is 11.9. The topological polar surface area (TPSA) is 17.1 Å². The van der Waals surface area contributed by atoms with Crippen LogP contribution in [0.3, 0.4) is 0 Å². The fourth-order valence-corrected chi connectivity index (χ4v) is 2.55. The van der Waals surface area contributed by atoms with Crippen LogP contribution in [-0.4, -0.2) is 11.2 Å². The minimum atomic E-state index is -0.316. The third-order valence-electron chi connectivity index (χ3n) is 3.27. The van der Waals surface area contributed by atoms with Gasteiger partial charge in [-0.2, -0.15) is 0 Å². The van der Waals surface area contributed by atoms with Gasteiger partial charge in [-0.1, -0.05) is 31.2 Å². The van der Waals surface area contributed by atoms with Crippen molar-refractivity contribution in [2.24, 2.45) is 0 Å².